The van der Waals surface area contributed by atoms with Crippen LogP contribution in [0.15, 0.2) is 46.9 Å². The minimum atomic E-state index is 0.596. The van der Waals surface area contributed by atoms with Crippen LogP contribution in [0.2, 0.25) is 0 Å². The first-order chi connectivity index (χ1) is 9.15. The number of nitrogen functional groups attached to an aromatic ring is 1. The zero-order valence-electron chi connectivity index (χ0n) is 10.9. The van der Waals surface area contributed by atoms with Crippen molar-refractivity contribution < 1.29 is 4.42 Å². The number of nitrogens with zero attached hydrogens (tertiary/aromatic N) is 2. The van der Waals surface area contributed by atoms with Crippen LogP contribution in [0.25, 0.3) is 22.6 Å². The van der Waals surface area contributed by atoms with Gasteiger partial charge in [-0.05, 0) is 36.4 Å². The second kappa shape index (κ2) is 4.31. The Hall–Kier alpha value is -2.49. The molecule has 3 aromatic rings. The van der Waals surface area contributed by atoms with Gasteiger partial charge in [-0.3, -0.25) is 0 Å². The van der Waals surface area contributed by atoms with Crippen molar-refractivity contribution in [1.82, 2.24) is 4.98 Å². The smallest absolute Gasteiger partial charge is 0.227 e. The Morgan fingerprint density at radius 3 is 2.42 bits per heavy atom. The number of oxazole rings is 1. The molecule has 1 heterocycles. The van der Waals surface area contributed by atoms with Crippen molar-refractivity contribution in [3.63, 3.8) is 0 Å². The average Bonchev–Trinajstić information content (AvgIpc) is 2.84. The lowest BCUT2D eigenvalue weighted by molar-refractivity contribution is 0.620. The highest BCUT2D eigenvalue weighted by Crippen LogP contribution is 2.28. The number of fused-ring (bicyclic) bond motifs is 1. The predicted octanol–water partition coefficient (Wildman–Crippen LogP) is 3.14. The number of para-hydroxylation sites is 1. The standard InChI is InChI=1S/C15H15N3O/c1-18(2)11-8-6-10(7-9-11)15-17-14-12(16)4-3-5-13(14)19-15/h3-9H,16H2,1-2H3. The third-order valence-corrected chi connectivity index (χ3v) is 3.08. The molecule has 0 aliphatic carbocycles. The summed E-state index contributed by atoms with van der Waals surface area (Å²) in [6, 6.07) is 13.6. The summed E-state index contributed by atoms with van der Waals surface area (Å²) >= 11 is 0. The largest absolute Gasteiger partial charge is 0.436 e. The van der Waals surface area contributed by atoms with Gasteiger partial charge in [-0.15, -0.1) is 0 Å². The van der Waals surface area contributed by atoms with E-state index in [4.69, 9.17) is 10.2 Å². The Balaban J connectivity index is 2.06. The topological polar surface area (TPSA) is 55.3 Å². The zero-order chi connectivity index (χ0) is 13.4. The molecule has 2 N–H and O–H groups in total. The van der Waals surface area contributed by atoms with E-state index >= 15 is 0 Å². The minimum Gasteiger partial charge on any atom is -0.436 e. The lowest BCUT2D eigenvalue weighted by Gasteiger charge is -2.11. The summed E-state index contributed by atoms with van der Waals surface area (Å²) in [6.45, 7) is 0. The lowest BCUT2D eigenvalue weighted by Crippen LogP contribution is -2.07. The maximum absolute atomic E-state index is 5.88. The summed E-state index contributed by atoms with van der Waals surface area (Å²) in [4.78, 5) is 6.50. The molecule has 0 radical (unpaired) electrons. The molecule has 0 saturated carbocycles. The minimum absolute atomic E-state index is 0.596. The first-order valence-electron chi connectivity index (χ1n) is 6.08. The molecule has 0 aliphatic rings. The van der Waals surface area contributed by atoms with E-state index in [1.807, 2.05) is 61.5 Å². The van der Waals surface area contributed by atoms with Crippen LogP contribution in [0.3, 0.4) is 0 Å². The van der Waals surface area contributed by atoms with Crippen molar-refractivity contribution in [2.75, 3.05) is 24.7 Å². The van der Waals surface area contributed by atoms with E-state index in [2.05, 4.69) is 4.98 Å². The summed E-state index contributed by atoms with van der Waals surface area (Å²) in [5, 5.41) is 0. The number of rotatable bonds is 2. The van der Waals surface area contributed by atoms with Gasteiger partial charge in [0.1, 0.15) is 5.52 Å². The van der Waals surface area contributed by atoms with Crippen molar-refractivity contribution >= 4 is 22.5 Å². The Morgan fingerprint density at radius 2 is 1.79 bits per heavy atom. The fourth-order valence-electron chi connectivity index (χ4n) is 2.00. The Bertz CT molecular complexity index is 714. The number of hydrogen-bond acceptors (Lipinski definition) is 4. The summed E-state index contributed by atoms with van der Waals surface area (Å²) in [6.07, 6.45) is 0. The highest BCUT2D eigenvalue weighted by molar-refractivity contribution is 5.87. The molecule has 3 rings (SSSR count). The SMILES string of the molecule is CN(C)c1ccc(-c2nc3c(N)cccc3o2)cc1. The van der Waals surface area contributed by atoms with Crippen molar-refractivity contribution in [1.29, 1.82) is 0 Å². The maximum atomic E-state index is 5.88. The van der Waals surface area contributed by atoms with Crippen molar-refractivity contribution in [3.8, 4) is 11.5 Å². The molecule has 0 atom stereocenters. The molecule has 96 valence electrons. The van der Waals surface area contributed by atoms with Crippen LogP contribution >= 0.6 is 0 Å². The molecule has 0 saturated heterocycles. The van der Waals surface area contributed by atoms with Gasteiger partial charge in [0.15, 0.2) is 5.58 Å². The average molecular weight is 253 g/mol. The van der Waals surface area contributed by atoms with Gasteiger partial charge in [0.05, 0.1) is 5.69 Å². The highest BCUT2D eigenvalue weighted by atomic mass is 16.3. The molecule has 19 heavy (non-hydrogen) atoms. The molecule has 4 nitrogen and oxygen atoms in total. The maximum Gasteiger partial charge on any atom is 0.227 e. The van der Waals surface area contributed by atoms with E-state index in [0.717, 1.165) is 11.3 Å². The second-order valence-corrected chi connectivity index (χ2v) is 4.65. The molecular formula is C15H15N3O. The molecule has 0 bridgehead atoms. The van der Waals surface area contributed by atoms with Crippen LogP contribution in [-0.4, -0.2) is 19.1 Å². The summed E-state index contributed by atoms with van der Waals surface area (Å²) in [5.41, 5.74) is 10.0. The monoisotopic (exact) mass is 253 g/mol. The predicted molar refractivity (Wildman–Crippen MR) is 78.2 cm³/mol. The van der Waals surface area contributed by atoms with Crippen molar-refractivity contribution in [2.45, 2.75) is 0 Å². The molecule has 0 amide bonds. The van der Waals surface area contributed by atoms with Crippen LogP contribution in [0.4, 0.5) is 11.4 Å². The normalized spacial score (nSPS) is 10.8. The first-order valence-corrected chi connectivity index (χ1v) is 6.08. The lowest BCUT2D eigenvalue weighted by atomic mass is 10.2. The number of anilines is 2. The third kappa shape index (κ3) is 2.01. The Kier molecular flexibility index (Phi) is 2.63. The van der Waals surface area contributed by atoms with Gasteiger partial charge in [-0.25, -0.2) is 4.98 Å². The zero-order valence-corrected chi connectivity index (χ0v) is 10.9. The number of nitrogens with two attached hydrogens (primary N) is 1. The van der Waals surface area contributed by atoms with E-state index in [0.29, 0.717) is 22.7 Å². The molecular weight excluding hydrogens is 238 g/mol. The van der Waals surface area contributed by atoms with Crippen LogP contribution in [-0.2, 0) is 0 Å². The van der Waals surface area contributed by atoms with Gasteiger partial charge < -0.3 is 15.1 Å². The number of benzene rings is 2. The van der Waals surface area contributed by atoms with Crippen LogP contribution in [0.1, 0.15) is 0 Å². The molecule has 2 aromatic carbocycles. The highest BCUT2D eigenvalue weighted by Gasteiger charge is 2.10. The molecule has 1 aromatic heterocycles. The first kappa shape index (κ1) is 11.6. The number of hydrogen-bond donors (Lipinski definition) is 1. The van der Waals surface area contributed by atoms with Gasteiger partial charge >= 0.3 is 0 Å². The van der Waals surface area contributed by atoms with Crippen LogP contribution < -0.4 is 10.6 Å². The van der Waals surface area contributed by atoms with Crippen molar-refractivity contribution in [2.24, 2.45) is 0 Å². The van der Waals surface area contributed by atoms with E-state index in [1.165, 1.54) is 0 Å². The Morgan fingerprint density at radius 1 is 1.05 bits per heavy atom. The van der Waals surface area contributed by atoms with E-state index < -0.39 is 0 Å². The van der Waals surface area contributed by atoms with Crippen LogP contribution in [0.5, 0.6) is 0 Å². The summed E-state index contributed by atoms with van der Waals surface area (Å²) < 4.78 is 5.73. The van der Waals surface area contributed by atoms with Gasteiger partial charge in [0, 0.05) is 25.3 Å². The van der Waals surface area contributed by atoms with Crippen LogP contribution in [0, 0.1) is 0 Å². The second-order valence-electron chi connectivity index (χ2n) is 4.65. The summed E-state index contributed by atoms with van der Waals surface area (Å²) in [7, 11) is 4.02. The molecule has 0 aliphatic heterocycles. The van der Waals surface area contributed by atoms with E-state index in [1.54, 1.807) is 0 Å². The number of aromatic nitrogens is 1. The van der Waals surface area contributed by atoms with Gasteiger partial charge in [-0.1, -0.05) is 6.07 Å². The van der Waals surface area contributed by atoms with E-state index in [-0.39, 0.29) is 0 Å². The van der Waals surface area contributed by atoms with Gasteiger partial charge in [-0.2, -0.15) is 0 Å². The fourth-order valence-corrected chi connectivity index (χ4v) is 2.00. The molecule has 4 heteroatoms. The van der Waals surface area contributed by atoms with Gasteiger partial charge in [0.25, 0.3) is 0 Å². The van der Waals surface area contributed by atoms with Crippen molar-refractivity contribution in [3.05, 3.63) is 42.5 Å². The third-order valence-electron chi connectivity index (χ3n) is 3.08. The summed E-state index contributed by atoms with van der Waals surface area (Å²) in [5.74, 6) is 0.596. The van der Waals surface area contributed by atoms with Gasteiger partial charge in [0.2, 0.25) is 5.89 Å². The fraction of sp³-hybridized carbons (Fsp3) is 0.133. The molecule has 0 spiro atoms. The quantitative estimate of drug-likeness (QED) is 0.713. The van der Waals surface area contributed by atoms with E-state index in [9.17, 15) is 0 Å². The Labute approximate surface area is 111 Å². The molecule has 0 fully saturated rings. The molecule has 0 unspecified atom stereocenters.